The third-order valence-corrected chi connectivity index (χ3v) is 3.81. The van der Waals surface area contributed by atoms with Gasteiger partial charge >= 0.3 is 0 Å². The predicted octanol–water partition coefficient (Wildman–Crippen LogP) is 1.03. The number of nitriles is 1. The number of nitrogens with zero attached hydrogens (tertiary/aromatic N) is 3. The van der Waals surface area contributed by atoms with Crippen molar-refractivity contribution in [2.75, 3.05) is 12.3 Å². The number of anilines is 1. The van der Waals surface area contributed by atoms with Crippen molar-refractivity contribution < 1.29 is 0 Å². The van der Waals surface area contributed by atoms with Gasteiger partial charge in [-0.05, 0) is 25.7 Å². The lowest BCUT2D eigenvalue weighted by Crippen LogP contribution is -2.41. The first-order valence-corrected chi connectivity index (χ1v) is 7.50. The van der Waals surface area contributed by atoms with E-state index in [4.69, 9.17) is 16.7 Å². The van der Waals surface area contributed by atoms with E-state index in [0.717, 1.165) is 12.1 Å². The van der Waals surface area contributed by atoms with Gasteiger partial charge in [0.25, 0.3) is 0 Å². The van der Waals surface area contributed by atoms with Crippen LogP contribution in [0.4, 0.5) is 5.82 Å². The van der Waals surface area contributed by atoms with Crippen LogP contribution < -0.4 is 16.8 Å². The summed E-state index contributed by atoms with van der Waals surface area (Å²) in [5, 5.41) is 18.9. The van der Waals surface area contributed by atoms with Crippen molar-refractivity contribution in [2.45, 2.75) is 51.0 Å². The molecule has 0 radical (unpaired) electrons. The molecule has 0 spiro atoms. The van der Waals surface area contributed by atoms with Gasteiger partial charge in [-0.25, -0.2) is 0 Å². The molecule has 0 saturated heterocycles. The van der Waals surface area contributed by atoms with E-state index in [1.54, 1.807) is 0 Å². The third-order valence-electron chi connectivity index (χ3n) is 3.81. The fourth-order valence-corrected chi connectivity index (χ4v) is 2.66. The zero-order chi connectivity index (χ0) is 15.1. The van der Waals surface area contributed by atoms with Crippen LogP contribution in [0.1, 0.15) is 49.8 Å². The van der Waals surface area contributed by atoms with Crippen molar-refractivity contribution >= 4 is 11.8 Å². The first kappa shape index (κ1) is 15.2. The quantitative estimate of drug-likeness (QED) is 0.365. The number of nitrogens with two attached hydrogens (primary N) is 2. The van der Waals surface area contributed by atoms with Gasteiger partial charge in [0.2, 0.25) is 0 Å². The van der Waals surface area contributed by atoms with Gasteiger partial charge in [-0.2, -0.15) is 10.4 Å². The summed E-state index contributed by atoms with van der Waals surface area (Å²) in [5.74, 6) is 0.779. The number of nitrogens with one attached hydrogen (secondary N) is 2. The van der Waals surface area contributed by atoms with Crippen LogP contribution in [-0.2, 0) is 6.42 Å². The molecule has 1 saturated carbocycles. The molecule has 1 aliphatic rings. The van der Waals surface area contributed by atoms with Gasteiger partial charge in [0.05, 0.1) is 5.69 Å². The highest BCUT2D eigenvalue weighted by molar-refractivity contribution is 5.78. The smallest absolute Gasteiger partial charge is 0.188 e. The Hall–Kier alpha value is -2.23. The molecule has 0 amide bonds. The van der Waals surface area contributed by atoms with E-state index in [-0.39, 0.29) is 5.82 Å². The van der Waals surface area contributed by atoms with E-state index < -0.39 is 0 Å². The minimum Gasteiger partial charge on any atom is -0.381 e. The summed E-state index contributed by atoms with van der Waals surface area (Å²) >= 11 is 0. The Labute approximate surface area is 124 Å². The molecule has 1 aliphatic carbocycles. The molecule has 7 heteroatoms. The molecule has 0 atom stereocenters. The SMILES string of the molecule is N#Cc1c(N)n[nH]c1CCCN=C(N)NC1CCCCC1. The number of aliphatic imine (C=N–C) groups is 1. The van der Waals surface area contributed by atoms with E-state index >= 15 is 0 Å². The molecule has 1 fully saturated rings. The zero-order valence-electron chi connectivity index (χ0n) is 12.2. The Morgan fingerprint density at radius 3 is 2.90 bits per heavy atom. The van der Waals surface area contributed by atoms with Crippen molar-refractivity contribution in [3.05, 3.63) is 11.3 Å². The Balaban J connectivity index is 1.73. The number of hydrogen-bond acceptors (Lipinski definition) is 4. The van der Waals surface area contributed by atoms with Gasteiger partial charge in [0, 0.05) is 12.6 Å². The van der Waals surface area contributed by atoms with Crippen molar-refractivity contribution in [3.63, 3.8) is 0 Å². The minimum absolute atomic E-state index is 0.259. The molecule has 6 N–H and O–H groups in total. The Morgan fingerprint density at radius 1 is 1.43 bits per heavy atom. The second-order valence-electron chi connectivity index (χ2n) is 5.42. The van der Waals surface area contributed by atoms with Gasteiger partial charge in [-0.3, -0.25) is 10.1 Å². The van der Waals surface area contributed by atoms with Crippen LogP contribution in [0.3, 0.4) is 0 Å². The molecule has 0 aromatic carbocycles. The van der Waals surface area contributed by atoms with Crippen molar-refractivity contribution in [2.24, 2.45) is 10.7 Å². The van der Waals surface area contributed by atoms with Crippen LogP contribution in [0.15, 0.2) is 4.99 Å². The van der Waals surface area contributed by atoms with Crippen LogP contribution in [-0.4, -0.2) is 28.7 Å². The number of hydrogen-bond donors (Lipinski definition) is 4. The number of aromatic nitrogens is 2. The highest BCUT2D eigenvalue weighted by atomic mass is 15.2. The molecule has 21 heavy (non-hydrogen) atoms. The summed E-state index contributed by atoms with van der Waals surface area (Å²) < 4.78 is 0. The molecule has 1 aromatic rings. The number of H-pyrrole nitrogens is 1. The molecule has 0 bridgehead atoms. The number of aryl methyl sites for hydroxylation is 1. The summed E-state index contributed by atoms with van der Waals surface area (Å²) in [7, 11) is 0. The van der Waals surface area contributed by atoms with Gasteiger partial charge in [0.15, 0.2) is 11.8 Å². The van der Waals surface area contributed by atoms with Gasteiger partial charge in [-0.15, -0.1) is 0 Å². The lowest BCUT2D eigenvalue weighted by molar-refractivity contribution is 0.412. The largest absolute Gasteiger partial charge is 0.381 e. The van der Waals surface area contributed by atoms with Crippen LogP contribution in [0.2, 0.25) is 0 Å². The average molecular weight is 289 g/mol. The molecule has 1 aromatic heterocycles. The van der Waals surface area contributed by atoms with E-state index in [2.05, 4.69) is 26.6 Å². The lowest BCUT2D eigenvalue weighted by atomic mass is 9.96. The molecule has 7 nitrogen and oxygen atoms in total. The molecule has 0 aliphatic heterocycles. The van der Waals surface area contributed by atoms with Crippen molar-refractivity contribution in [1.82, 2.24) is 15.5 Å². The van der Waals surface area contributed by atoms with Crippen molar-refractivity contribution in [3.8, 4) is 6.07 Å². The number of rotatable bonds is 5. The van der Waals surface area contributed by atoms with Crippen molar-refractivity contribution in [1.29, 1.82) is 5.26 Å². The topological polar surface area (TPSA) is 129 Å². The summed E-state index contributed by atoms with van der Waals surface area (Å²) in [6, 6.07) is 2.53. The first-order chi connectivity index (χ1) is 10.2. The minimum atomic E-state index is 0.259. The van der Waals surface area contributed by atoms with Gasteiger partial charge in [0.1, 0.15) is 11.6 Å². The third kappa shape index (κ3) is 4.38. The monoisotopic (exact) mass is 289 g/mol. The Bertz CT molecular complexity index is 520. The predicted molar refractivity (Wildman–Crippen MR) is 82.5 cm³/mol. The van der Waals surface area contributed by atoms with Crippen LogP contribution in [0.5, 0.6) is 0 Å². The Kier molecular flexibility index (Phi) is 5.43. The van der Waals surface area contributed by atoms with Gasteiger partial charge < -0.3 is 16.8 Å². The maximum absolute atomic E-state index is 8.97. The maximum Gasteiger partial charge on any atom is 0.188 e. The molecule has 1 heterocycles. The summed E-state index contributed by atoms with van der Waals surface area (Å²) in [6.07, 6.45) is 7.69. The fraction of sp³-hybridized carbons (Fsp3) is 0.643. The summed E-state index contributed by atoms with van der Waals surface area (Å²) in [5.41, 5.74) is 12.7. The molecular formula is C14H23N7. The summed E-state index contributed by atoms with van der Waals surface area (Å²) in [4.78, 5) is 4.33. The lowest BCUT2D eigenvalue weighted by Gasteiger charge is -2.23. The number of nitrogen functional groups attached to an aromatic ring is 1. The van der Waals surface area contributed by atoms with E-state index in [9.17, 15) is 0 Å². The Morgan fingerprint density at radius 2 is 2.19 bits per heavy atom. The highest BCUT2D eigenvalue weighted by Crippen LogP contribution is 2.17. The molecule has 2 rings (SSSR count). The summed E-state index contributed by atoms with van der Waals surface area (Å²) in [6.45, 7) is 0.620. The molecular weight excluding hydrogens is 266 g/mol. The van der Waals surface area contributed by atoms with Crippen LogP contribution in [0.25, 0.3) is 0 Å². The van der Waals surface area contributed by atoms with E-state index in [1.807, 2.05) is 0 Å². The van der Waals surface area contributed by atoms with E-state index in [1.165, 1.54) is 32.1 Å². The zero-order valence-corrected chi connectivity index (χ0v) is 12.2. The molecule has 114 valence electrons. The second kappa shape index (κ2) is 7.53. The van der Waals surface area contributed by atoms with Crippen LogP contribution >= 0.6 is 0 Å². The normalized spacial score (nSPS) is 16.6. The first-order valence-electron chi connectivity index (χ1n) is 7.50. The van der Waals surface area contributed by atoms with Gasteiger partial charge in [-0.1, -0.05) is 19.3 Å². The van der Waals surface area contributed by atoms with Crippen LogP contribution in [0, 0.1) is 11.3 Å². The standard InChI is InChI=1S/C14H23N7/c15-9-11-12(20-21-13(11)16)7-4-8-18-14(17)19-10-5-2-1-3-6-10/h10H,1-8H2,(H3,16,20,21)(H3,17,18,19). The maximum atomic E-state index is 8.97. The second-order valence-corrected chi connectivity index (χ2v) is 5.42. The fourth-order valence-electron chi connectivity index (χ4n) is 2.66. The van der Waals surface area contributed by atoms with E-state index in [0.29, 0.717) is 30.5 Å². The molecule has 0 unspecified atom stereocenters. The highest BCUT2D eigenvalue weighted by Gasteiger charge is 2.13. The number of aromatic amines is 1. The average Bonchev–Trinajstić information content (AvgIpc) is 2.85. The number of guanidine groups is 1.